The van der Waals surface area contributed by atoms with Crippen LogP contribution in [0.4, 0.5) is 4.79 Å². The molecule has 0 aromatic heterocycles. The van der Waals surface area contributed by atoms with Crippen LogP contribution in [0, 0.1) is 6.92 Å². The smallest absolute Gasteiger partial charge is 0.312 e. The summed E-state index contributed by atoms with van der Waals surface area (Å²) in [6.07, 6.45) is 0.223. The molecular weight excluding hydrogens is 280 g/mol. The molecule has 2 atom stereocenters. The van der Waals surface area contributed by atoms with Crippen molar-refractivity contribution in [2.24, 2.45) is 5.73 Å². The zero-order valence-electron chi connectivity index (χ0n) is 13.1. The predicted molar refractivity (Wildman–Crippen MR) is 85.3 cm³/mol. The normalized spacial score (nSPS) is 19.5. The van der Waals surface area contributed by atoms with Crippen LogP contribution in [-0.4, -0.2) is 42.5 Å². The lowest BCUT2D eigenvalue weighted by atomic mass is 9.98. The van der Waals surface area contributed by atoms with Gasteiger partial charge in [-0.05, 0) is 25.0 Å². The standard InChI is InChI=1S/C16H24N4O2/c1-11-5-3-4-6-13(11)14(19-16(17)22)9-15(21)20-8-7-18-12(2)10-20/h3-6,12,14,18H,7-10H2,1-2H3,(H3,17,19,22)/t12-,14+/m0/s1. The first-order chi connectivity index (χ1) is 10.5. The van der Waals surface area contributed by atoms with Crippen LogP contribution in [0.3, 0.4) is 0 Å². The van der Waals surface area contributed by atoms with E-state index in [1.165, 1.54) is 0 Å². The first-order valence-corrected chi connectivity index (χ1v) is 7.60. The first kappa shape index (κ1) is 16.3. The molecule has 6 heteroatoms. The minimum atomic E-state index is -0.616. The Morgan fingerprint density at radius 1 is 1.45 bits per heavy atom. The van der Waals surface area contributed by atoms with E-state index in [4.69, 9.17) is 5.73 Å². The number of amides is 3. The van der Waals surface area contributed by atoms with Gasteiger partial charge in [-0.2, -0.15) is 0 Å². The van der Waals surface area contributed by atoms with E-state index < -0.39 is 12.1 Å². The van der Waals surface area contributed by atoms with Gasteiger partial charge >= 0.3 is 6.03 Å². The highest BCUT2D eigenvalue weighted by molar-refractivity contribution is 5.79. The number of nitrogens with two attached hydrogens (primary N) is 1. The Labute approximate surface area is 131 Å². The summed E-state index contributed by atoms with van der Waals surface area (Å²) in [5.74, 6) is 0.0374. The summed E-state index contributed by atoms with van der Waals surface area (Å²) in [6.45, 7) is 6.20. The van der Waals surface area contributed by atoms with Crippen LogP contribution >= 0.6 is 0 Å². The average Bonchev–Trinajstić information content (AvgIpc) is 2.46. The summed E-state index contributed by atoms with van der Waals surface area (Å²) in [5.41, 5.74) is 7.23. The van der Waals surface area contributed by atoms with E-state index in [0.717, 1.165) is 17.7 Å². The third-order valence-corrected chi connectivity index (χ3v) is 3.98. The van der Waals surface area contributed by atoms with Gasteiger partial charge in [-0.25, -0.2) is 4.79 Å². The van der Waals surface area contributed by atoms with E-state index in [1.807, 2.05) is 36.1 Å². The maximum atomic E-state index is 12.5. The number of piperazine rings is 1. The average molecular weight is 304 g/mol. The molecule has 1 heterocycles. The molecule has 0 aliphatic carbocycles. The van der Waals surface area contributed by atoms with Gasteiger partial charge in [0.15, 0.2) is 0 Å². The maximum absolute atomic E-state index is 12.5. The molecule has 1 saturated heterocycles. The van der Waals surface area contributed by atoms with Gasteiger partial charge in [0.1, 0.15) is 0 Å². The van der Waals surface area contributed by atoms with E-state index in [-0.39, 0.29) is 12.3 Å². The molecule has 0 unspecified atom stereocenters. The van der Waals surface area contributed by atoms with Gasteiger partial charge < -0.3 is 21.3 Å². The molecule has 1 aliphatic rings. The molecule has 0 bridgehead atoms. The number of nitrogens with one attached hydrogen (secondary N) is 2. The number of nitrogens with zero attached hydrogens (tertiary/aromatic N) is 1. The SMILES string of the molecule is Cc1ccccc1[C@@H](CC(=O)N1CCN[C@@H](C)C1)NC(N)=O. The molecule has 1 fully saturated rings. The second-order valence-electron chi connectivity index (χ2n) is 5.82. The second kappa shape index (κ2) is 7.26. The van der Waals surface area contributed by atoms with Crippen LogP contribution in [0.1, 0.15) is 30.5 Å². The van der Waals surface area contributed by atoms with Crippen LogP contribution in [0.25, 0.3) is 0 Å². The lowest BCUT2D eigenvalue weighted by Gasteiger charge is -2.33. The fourth-order valence-electron chi connectivity index (χ4n) is 2.85. The monoisotopic (exact) mass is 304 g/mol. The van der Waals surface area contributed by atoms with Gasteiger partial charge in [-0.3, -0.25) is 4.79 Å². The molecule has 0 radical (unpaired) electrons. The summed E-state index contributed by atoms with van der Waals surface area (Å²) in [7, 11) is 0. The van der Waals surface area contributed by atoms with Crippen LogP contribution in [-0.2, 0) is 4.79 Å². The summed E-state index contributed by atoms with van der Waals surface area (Å²) < 4.78 is 0. The second-order valence-corrected chi connectivity index (χ2v) is 5.82. The lowest BCUT2D eigenvalue weighted by Crippen LogP contribution is -2.52. The number of aryl methyl sites for hydroxylation is 1. The largest absolute Gasteiger partial charge is 0.352 e. The number of carbonyl (C=O) groups excluding carboxylic acids is 2. The summed E-state index contributed by atoms with van der Waals surface area (Å²) in [5, 5.41) is 6.00. The van der Waals surface area contributed by atoms with Crippen molar-refractivity contribution in [1.82, 2.24) is 15.5 Å². The van der Waals surface area contributed by atoms with Crippen molar-refractivity contribution in [3.63, 3.8) is 0 Å². The molecule has 22 heavy (non-hydrogen) atoms. The number of hydrogen-bond acceptors (Lipinski definition) is 3. The summed E-state index contributed by atoms with van der Waals surface area (Å²) in [4.78, 5) is 25.6. The fourth-order valence-corrected chi connectivity index (χ4v) is 2.85. The number of urea groups is 1. The van der Waals surface area contributed by atoms with E-state index in [2.05, 4.69) is 17.6 Å². The highest BCUT2D eigenvalue weighted by Gasteiger charge is 2.25. The van der Waals surface area contributed by atoms with E-state index in [1.54, 1.807) is 0 Å². The molecule has 4 N–H and O–H groups in total. The molecule has 1 aromatic carbocycles. The van der Waals surface area contributed by atoms with Gasteiger partial charge in [0, 0.05) is 25.7 Å². The number of hydrogen-bond donors (Lipinski definition) is 3. The fraction of sp³-hybridized carbons (Fsp3) is 0.500. The zero-order chi connectivity index (χ0) is 16.1. The topological polar surface area (TPSA) is 87.5 Å². The van der Waals surface area contributed by atoms with Crippen LogP contribution < -0.4 is 16.4 Å². The van der Waals surface area contributed by atoms with Crippen molar-refractivity contribution in [2.75, 3.05) is 19.6 Å². The molecule has 120 valence electrons. The molecule has 1 aromatic rings. The maximum Gasteiger partial charge on any atom is 0.312 e. The van der Waals surface area contributed by atoms with Crippen LogP contribution in [0.5, 0.6) is 0 Å². The minimum absolute atomic E-state index is 0.0374. The third-order valence-electron chi connectivity index (χ3n) is 3.98. The van der Waals surface area contributed by atoms with Gasteiger partial charge in [-0.15, -0.1) is 0 Å². The number of benzene rings is 1. The Morgan fingerprint density at radius 2 is 2.18 bits per heavy atom. The Morgan fingerprint density at radius 3 is 2.82 bits per heavy atom. The van der Waals surface area contributed by atoms with E-state index in [0.29, 0.717) is 19.1 Å². The van der Waals surface area contributed by atoms with Gasteiger partial charge in [-0.1, -0.05) is 24.3 Å². The zero-order valence-corrected chi connectivity index (χ0v) is 13.1. The minimum Gasteiger partial charge on any atom is -0.352 e. The highest BCUT2D eigenvalue weighted by atomic mass is 16.2. The third kappa shape index (κ3) is 4.21. The Hall–Kier alpha value is -2.08. The summed E-state index contributed by atoms with van der Waals surface area (Å²) >= 11 is 0. The molecule has 0 spiro atoms. The van der Waals surface area contributed by atoms with Gasteiger partial charge in [0.25, 0.3) is 0 Å². The van der Waals surface area contributed by atoms with Crippen molar-refractivity contribution < 1.29 is 9.59 Å². The molecule has 3 amide bonds. The molecule has 2 rings (SSSR count). The lowest BCUT2D eigenvalue weighted by molar-refractivity contribution is -0.132. The van der Waals surface area contributed by atoms with Crippen molar-refractivity contribution in [3.05, 3.63) is 35.4 Å². The highest BCUT2D eigenvalue weighted by Crippen LogP contribution is 2.21. The van der Waals surface area contributed by atoms with Crippen LogP contribution in [0.15, 0.2) is 24.3 Å². The van der Waals surface area contributed by atoms with Gasteiger partial charge in [0.05, 0.1) is 12.5 Å². The van der Waals surface area contributed by atoms with Gasteiger partial charge in [0.2, 0.25) is 5.91 Å². The molecule has 6 nitrogen and oxygen atoms in total. The van der Waals surface area contributed by atoms with Crippen molar-refractivity contribution in [2.45, 2.75) is 32.4 Å². The Kier molecular flexibility index (Phi) is 5.38. The molecule has 0 saturated carbocycles. The number of carbonyl (C=O) groups is 2. The number of primary amides is 1. The van der Waals surface area contributed by atoms with Crippen molar-refractivity contribution in [1.29, 1.82) is 0 Å². The quantitative estimate of drug-likeness (QED) is 0.773. The van der Waals surface area contributed by atoms with Crippen molar-refractivity contribution in [3.8, 4) is 0 Å². The predicted octanol–water partition coefficient (Wildman–Crippen LogP) is 0.915. The van der Waals surface area contributed by atoms with E-state index in [9.17, 15) is 9.59 Å². The Bertz CT molecular complexity index is 547. The molecular formula is C16H24N4O2. The van der Waals surface area contributed by atoms with E-state index >= 15 is 0 Å². The Balaban J connectivity index is 2.11. The molecule has 1 aliphatic heterocycles. The first-order valence-electron chi connectivity index (χ1n) is 7.60. The summed E-state index contributed by atoms with van der Waals surface area (Å²) in [6, 6.07) is 6.99. The van der Waals surface area contributed by atoms with Crippen molar-refractivity contribution >= 4 is 11.9 Å². The number of rotatable bonds is 4. The van der Waals surface area contributed by atoms with Crippen LogP contribution in [0.2, 0.25) is 0 Å².